The van der Waals surface area contributed by atoms with E-state index in [4.69, 9.17) is 0 Å². The van der Waals surface area contributed by atoms with Crippen molar-refractivity contribution < 1.29 is 4.79 Å². The second-order valence-corrected chi connectivity index (χ2v) is 8.94. The molecule has 4 rings (SSSR count). The summed E-state index contributed by atoms with van der Waals surface area (Å²) < 4.78 is 1.82. The predicted octanol–water partition coefficient (Wildman–Crippen LogP) is 3.19. The molecule has 1 aromatic heterocycles. The number of aryl methyl sites for hydroxylation is 1. The zero-order chi connectivity index (χ0) is 21.6. The molecule has 1 aliphatic heterocycles. The second kappa shape index (κ2) is 10.1. The number of hydrogen-bond donors (Lipinski definition) is 1. The maximum absolute atomic E-state index is 12.1. The number of nitrogens with one attached hydrogen (secondary N) is 1. The molecule has 7 nitrogen and oxygen atoms in total. The summed E-state index contributed by atoms with van der Waals surface area (Å²) in [5.41, 5.74) is 2.88. The third-order valence-electron chi connectivity index (χ3n) is 6.18. The molecule has 1 atom stereocenters. The van der Waals surface area contributed by atoms with Crippen LogP contribution in [-0.2, 0) is 6.54 Å². The lowest BCUT2D eigenvalue weighted by atomic mass is 9.99. The fraction of sp³-hybridized carbons (Fsp3) is 0.542. The van der Waals surface area contributed by atoms with Crippen LogP contribution in [0.15, 0.2) is 36.5 Å². The number of carbonyl (C=O) groups excluding carboxylic acids is 1. The normalized spacial score (nSPS) is 19.6. The van der Waals surface area contributed by atoms with Gasteiger partial charge < -0.3 is 10.2 Å². The Hall–Kier alpha value is -2.67. The van der Waals surface area contributed by atoms with Gasteiger partial charge in [0.05, 0.1) is 6.20 Å². The summed E-state index contributed by atoms with van der Waals surface area (Å²) in [7, 11) is 4.12. The Labute approximate surface area is 185 Å². The van der Waals surface area contributed by atoms with Gasteiger partial charge in [0.2, 0.25) is 0 Å². The van der Waals surface area contributed by atoms with Crippen LogP contribution in [0.3, 0.4) is 0 Å². The van der Waals surface area contributed by atoms with Crippen molar-refractivity contribution in [1.29, 1.82) is 0 Å². The van der Waals surface area contributed by atoms with E-state index < -0.39 is 0 Å². The molecule has 1 saturated carbocycles. The van der Waals surface area contributed by atoms with E-state index in [1.807, 2.05) is 4.68 Å². The number of aromatic nitrogens is 3. The molecule has 1 aliphatic carbocycles. The van der Waals surface area contributed by atoms with Crippen molar-refractivity contribution in [3.63, 3.8) is 0 Å². The summed E-state index contributed by atoms with van der Waals surface area (Å²) in [6.07, 6.45) is 13.2. The fourth-order valence-electron chi connectivity index (χ4n) is 4.12. The smallest absolute Gasteiger partial charge is 0.273 e. The van der Waals surface area contributed by atoms with E-state index in [2.05, 4.69) is 75.9 Å². The van der Waals surface area contributed by atoms with Crippen LogP contribution in [0.2, 0.25) is 0 Å². The minimum absolute atomic E-state index is 0.100. The Morgan fingerprint density at radius 2 is 2.00 bits per heavy atom. The average molecular weight is 423 g/mol. The van der Waals surface area contributed by atoms with Crippen LogP contribution < -0.4 is 10.2 Å². The van der Waals surface area contributed by atoms with Crippen LogP contribution in [0.1, 0.15) is 54.6 Å². The molecule has 1 unspecified atom stereocenters. The van der Waals surface area contributed by atoms with Crippen LogP contribution in [-0.4, -0.2) is 65.1 Å². The van der Waals surface area contributed by atoms with Crippen LogP contribution >= 0.6 is 0 Å². The molecule has 31 heavy (non-hydrogen) atoms. The Morgan fingerprint density at radius 3 is 2.74 bits per heavy atom. The van der Waals surface area contributed by atoms with Crippen molar-refractivity contribution in [2.45, 2.75) is 57.2 Å². The minimum Gasteiger partial charge on any atom is -0.378 e. The summed E-state index contributed by atoms with van der Waals surface area (Å²) in [5, 5.41) is 11.2. The summed E-state index contributed by atoms with van der Waals surface area (Å²) in [5.74, 6) is -0.100. The van der Waals surface area contributed by atoms with Crippen molar-refractivity contribution in [2.75, 3.05) is 32.1 Å². The molecule has 0 spiro atoms. The zero-order valence-electron chi connectivity index (χ0n) is 18.7. The number of anilines is 1. The molecule has 1 amide bonds. The van der Waals surface area contributed by atoms with Gasteiger partial charge in [0.1, 0.15) is 0 Å². The number of amides is 1. The molecular formula is C24H34N6O. The van der Waals surface area contributed by atoms with E-state index in [1.165, 1.54) is 30.5 Å². The Morgan fingerprint density at radius 1 is 1.19 bits per heavy atom. The van der Waals surface area contributed by atoms with E-state index in [9.17, 15) is 4.79 Å². The van der Waals surface area contributed by atoms with Crippen molar-refractivity contribution in [3.8, 4) is 0 Å². The maximum Gasteiger partial charge on any atom is 0.273 e. The molecule has 2 fully saturated rings. The van der Waals surface area contributed by atoms with Crippen molar-refractivity contribution in [1.82, 2.24) is 25.2 Å². The van der Waals surface area contributed by atoms with E-state index in [0.717, 1.165) is 38.9 Å². The monoisotopic (exact) mass is 422 g/mol. The van der Waals surface area contributed by atoms with Crippen LogP contribution in [0, 0.1) is 0 Å². The molecule has 2 aromatic rings. The number of likely N-dealkylation sites (tertiary alicyclic amines) is 1. The fourth-order valence-corrected chi connectivity index (χ4v) is 4.12. The second-order valence-electron chi connectivity index (χ2n) is 8.94. The van der Waals surface area contributed by atoms with Gasteiger partial charge in [-0.05, 0) is 56.3 Å². The third kappa shape index (κ3) is 6.17. The number of nitrogens with zero attached hydrogens (tertiary/aromatic N) is 5. The molecular weight excluding hydrogens is 388 g/mol. The lowest BCUT2D eigenvalue weighted by Crippen LogP contribution is -2.40. The van der Waals surface area contributed by atoms with Crippen molar-refractivity contribution >= 4 is 17.7 Å². The van der Waals surface area contributed by atoms with Gasteiger partial charge in [-0.25, -0.2) is 0 Å². The highest BCUT2D eigenvalue weighted by Gasteiger charge is 2.25. The third-order valence-corrected chi connectivity index (χ3v) is 6.18. The molecule has 2 heterocycles. The van der Waals surface area contributed by atoms with Gasteiger partial charge >= 0.3 is 0 Å². The zero-order valence-corrected chi connectivity index (χ0v) is 18.7. The molecule has 7 heteroatoms. The van der Waals surface area contributed by atoms with E-state index in [0.29, 0.717) is 17.8 Å². The standard InChI is InChI=1S/C24H34N6O/c1-28(2)21-12-8-19(9-13-21)6-5-16-29-15-4-3-7-22(29)14-17-30-18-23(26-27-30)24(31)25-20-10-11-20/h5-6,8-9,12-13,18,20,22H,3-4,7,10-11,14-17H2,1-2H3,(H,25,31)/b6-5+. The summed E-state index contributed by atoms with van der Waals surface area (Å²) in [6, 6.07) is 9.53. The van der Waals surface area contributed by atoms with Crippen LogP contribution in [0.25, 0.3) is 6.08 Å². The summed E-state index contributed by atoms with van der Waals surface area (Å²) >= 11 is 0. The van der Waals surface area contributed by atoms with E-state index in [-0.39, 0.29) is 5.91 Å². The Balaban J connectivity index is 1.27. The highest BCUT2D eigenvalue weighted by molar-refractivity contribution is 5.92. The Bertz CT molecular complexity index is 884. The average Bonchev–Trinajstić information content (AvgIpc) is 3.46. The molecule has 166 valence electrons. The summed E-state index contributed by atoms with van der Waals surface area (Å²) in [4.78, 5) is 16.8. The maximum atomic E-state index is 12.1. The minimum atomic E-state index is -0.100. The Kier molecular flexibility index (Phi) is 7.02. The lowest BCUT2D eigenvalue weighted by molar-refractivity contribution is 0.0946. The van der Waals surface area contributed by atoms with Gasteiger partial charge in [-0.1, -0.05) is 35.9 Å². The number of piperidine rings is 1. The molecule has 2 aliphatic rings. The first kappa shape index (κ1) is 21.6. The number of benzene rings is 1. The van der Waals surface area contributed by atoms with Crippen LogP contribution in [0.5, 0.6) is 0 Å². The lowest BCUT2D eigenvalue weighted by Gasteiger charge is -2.35. The van der Waals surface area contributed by atoms with Gasteiger partial charge in [-0.2, -0.15) is 0 Å². The number of hydrogen-bond acceptors (Lipinski definition) is 5. The number of rotatable bonds is 9. The van der Waals surface area contributed by atoms with E-state index >= 15 is 0 Å². The molecule has 0 bridgehead atoms. The molecule has 1 saturated heterocycles. The van der Waals surface area contributed by atoms with Gasteiger partial charge in [-0.3, -0.25) is 14.4 Å². The van der Waals surface area contributed by atoms with Gasteiger partial charge in [0, 0.05) is 45.0 Å². The van der Waals surface area contributed by atoms with Gasteiger partial charge in [0.25, 0.3) is 5.91 Å². The first-order valence-corrected chi connectivity index (χ1v) is 11.5. The first-order valence-electron chi connectivity index (χ1n) is 11.5. The van der Waals surface area contributed by atoms with Crippen molar-refractivity contribution in [3.05, 3.63) is 47.8 Å². The molecule has 1 N–H and O–H groups in total. The first-order chi connectivity index (χ1) is 15.1. The SMILES string of the molecule is CN(C)c1ccc(/C=C/CN2CCCCC2CCn2cc(C(=O)NC3CC3)nn2)cc1. The summed E-state index contributed by atoms with van der Waals surface area (Å²) in [6.45, 7) is 2.90. The van der Waals surface area contributed by atoms with E-state index in [1.54, 1.807) is 6.20 Å². The molecule has 0 radical (unpaired) electrons. The quantitative estimate of drug-likeness (QED) is 0.672. The molecule has 1 aromatic carbocycles. The van der Waals surface area contributed by atoms with Crippen molar-refractivity contribution in [2.24, 2.45) is 0 Å². The topological polar surface area (TPSA) is 66.3 Å². The predicted molar refractivity (Wildman–Crippen MR) is 124 cm³/mol. The van der Waals surface area contributed by atoms with Gasteiger partial charge in [0.15, 0.2) is 5.69 Å². The number of carbonyl (C=O) groups is 1. The largest absolute Gasteiger partial charge is 0.378 e. The van der Waals surface area contributed by atoms with Gasteiger partial charge in [-0.15, -0.1) is 5.10 Å². The van der Waals surface area contributed by atoms with Crippen LogP contribution in [0.4, 0.5) is 5.69 Å². The highest BCUT2D eigenvalue weighted by atomic mass is 16.2. The highest BCUT2D eigenvalue weighted by Crippen LogP contribution is 2.21.